The summed E-state index contributed by atoms with van der Waals surface area (Å²) in [5, 5.41) is 9.00. The molecule has 7 heteroatoms. The van der Waals surface area contributed by atoms with Crippen LogP contribution in [0.4, 0.5) is 0 Å². The molecule has 0 radical (unpaired) electrons. The summed E-state index contributed by atoms with van der Waals surface area (Å²) in [4.78, 5) is 4.19. The van der Waals surface area contributed by atoms with E-state index in [1.165, 1.54) is 16.3 Å². The van der Waals surface area contributed by atoms with Gasteiger partial charge in [-0.25, -0.2) is 8.42 Å². The number of benzene rings is 2. The van der Waals surface area contributed by atoms with Gasteiger partial charge in [0.05, 0.1) is 11.5 Å². The number of hydrogen-bond acceptors (Lipinski definition) is 3. The van der Waals surface area contributed by atoms with Crippen LogP contribution in [0, 0.1) is 0 Å². The van der Waals surface area contributed by atoms with Gasteiger partial charge in [-0.15, -0.1) is 24.0 Å². The summed E-state index contributed by atoms with van der Waals surface area (Å²) in [7, 11) is -1.18. The van der Waals surface area contributed by atoms with E-state index in [1.54, 1.807) is 7.05 Å². The minimum Gasteiger partial charge on any atom is -0.356 e. The second-order valence-corrected chi connectivity index (χ2v) is 8.36. The van der Waals surface area contributed by atoms with Gasteiger partial charge in [0.1, 0.15) is 0 Å². The molecule has 1 aliphatic rings. The number of aliphatic imine (C=N–C) groups is 1. The SMILES string of the molecule is CN=C(NCCc1cccc2ccccc12)NC1CCS(=O)(=O)C1.I. The van der Waals surface area contributed by atoms with Gasteiger partial charge in [-0.2, -0.15) is 0 Å². The smallest absolute Gasteiger partial charge is 0.191 e. The molecule has 2 aromatic carbocycles. The monoisotopic (exact) mass is 473 g/mol. The predicted molar refractivity (Wildman–Crippen MR) is 115 cm³/mol. The molecular weight excluding hydrogens is 449 g/mol. The zero-order chi connectivity index (χ0) is 17.0. The third kappa shape index (κ3) is 5.31. The molecule has 0 aliphatic carbocycles. The van der Waals surface area contributed by atoms with Gasteiger partial charge < -0.3 is 10.6 Å². The molecule has 0 amide bonds. The molecule has 1 saturated heterocycles. The van der Waals surface area contributed by atoms with Crippen molar-refractivity contribution in [2.24, 2.45) is 4.99 Å². The summed E-state index contributed by atoms with van der Waals surface area (Å²) in [5.41, 5.74) is 1.29. The van der Waals surface area contributed by atoms with E-state index in [4.69, 9.17) is 0 Å². The number of rotatable bonds is 4. The zero-order valence-corrected chi connectivity index (χ0v) is 17.4. The van der Waals surface area contributed by atoms with Crippen LogP contribution in [-0.4, -0.2) is 45.5 Å². The molecule has 1 aliphatic heterocycles. The van der Waals surface area contributed by atoms with Gasteiger partial charge in [0.2, 0.25) is 0 Å². The van der Waals surface area contributed by atoms with Gasteiger partial charge in [-0.05, 0) is 29.2 Å². The Labute approximate surface area is 166 Å². The first-order valence-electron chi connectivity index (χ1n) is 8.22. The molecule has 1 heterocycles. The second kappa shape index (κ2) is 8.84. The standard InChI is InChI=1S/C18H23N3O2S.HI/c1-19-18(21-16-10-12-24(22,23)13-16)20-11-9-15-7-4-6-14-5-2-3-8-17(14)15;/h2-8,16H,9-13H2,1H3,(H2,19,20,21);1H. The molecule has 1 unspecified atom stereocenters. The summed E-state index contributed by atoms with van der Waals surface area (Å²) in [5.74, 6) is 1.12. The van der Waals surface area contributed by atoms with Crippen molar-refractivity contribution in [1.82, 2.24) is 10.6 Å². The van der Waals surface area contributed by atoms with Gasteiger partial charge in [0.25, 0.3) is 0 Å². The Hall–Kier alpha value is -1.35. The Morgan fingerprint density at radius 2 is 1.96 bits per heavy atom. The molecule has 0 saturated carbocycles. The number of guanidine groups is 1. The van der Waals surface area contributed by atoms with Crippen LogP contribution in [-0.2, 0) is 16.3 Å². The van der Waals surface area contributed by atoms with Crippen molar-refractivity contribution < 1.29 is 8.42 Å². The van der Waals surface area contributed by atoms with Crippen LogP contribution in [0.1, 0.15) is 12.0 Å². The molecule has 25 heavy (non-hydrogen) atoms. The van der Waals surface area contributed by atoms with E-state index in [0.29, 0.717) is 12.4 Å². The molecule has 1 fully saturated rings. The van der Waals surface area contributed by atoms with E-state index in [9.17, 15) is 8.42 Å². The van der Waals surface area contributed by atoms with Crippen LogP contribution < -0.4 is 10.6 Å². The van der Waals surface area contributed by atoms with Crippen molar-refractivity contribution in [2.75, 3.05) is 25.1 Å². The highest BCUT2D eigenvalue weighted by Gasteiger charge is 2.28. The maximum absolute atomic E-state index is 11.5. The number of halogens is 1. The summed E-state index contributed by atoms with van der Waals surface area (Å²) in [6, 6.07) is 14.7. The Kier molecular flexibility index (Phi) is 7.06. The molecule has 5 nitrogen and oxygen atoms in total. The first-order valence-corrected chi connectivity index (χ1v) is 10.0. The molecule has 2 aromatic rings. The summed E-state index contributed by atoms with van der Waals surface area (Å²) in [6.07, 6.45) is 1.53. The van der Waals surface area contributed by atoms with Crippen molar-refractivity contribution >= 4 is 50.5 Å². The predicted octanol–water partition coefficient (Wildman–Crippen LogP) is 2.35. The van der Waals surface area contributed by atoms with Crippen LogP contribution in [0.15, 0.2) is 47.5 Å². The maximum atomic E-state index is 11.5. The molecule has 0 spiro atoms. The minimum atomic E-state index is -2.88. The van der Waals surface area contributed by atoms with Gasteiger partial charge in [0, 0.05) is 19.6 Å². The second-order valence-electron chi connectivity index (χ2n) is 6.13. The Morgan fingerprint density at radius 3 is 2.68 bits per heavy atom. The van der Waals surface area contributed by atoms with Crippen molar-refractivity contribution in [3.05, 3.63) is 48.0 Å². The van der Waals surface area contributed by atoms with Crippen LogP contribution in [0.5, 0.6) is 0 Å². The van der Waals surface area contributed by atoms with Crippen LogP contribution in [0.2, 0.25) is 0 Å². The first-order chi connectivity index (χ1) is 11.6. The van der Waals surface area contributed by atoms with E-state index in [1.807, 2.05) is 6.07 Å². The molecule has 0 aromatic heterocycles. The molecule has 2 N–H and O–H groups in total. The quantitative estimate of drug-likeness (QED) is 0.407. The number of sulfone groups is 1. The molecular formula is C18H24IN3O2S. The van der Waals surface area contributed by atoms with Crippen LogP contribution in [0.3, 0.4) is 0 Å². The molecule has 3 rings (SSSR count). The lowest BCUT2D eigenvalue weighted by Crippen LogP contribution is -2.44. The fraction of sp³-hybridized carbons (Fsp3) is 0.389. The Bertz CT molecular complexity index is 847. The van der Waals surface area contributed by atoms with E-state index in [-0.39, 0.29) is 41.5 Å². The largest absolute Gasteiger partial charge is 0.356 e. The molecule has 0 bridgehead atoms. The van der Waals surface area contributed by atoms with E-state index in [0.717, 1.165) is 13.0 Å². The zero-order valence-electron chi connectivity index (χ0n) is 14.2. The highest BCUT2D eigenvalue weighted by molar-refractivity contribution is 14.0. The number of nitrogens with one attached hydrogen (secondary N) is 2. The molecule has 1 atom stereocenters. The number of fused-ring (bicyclic) bond motifs is 1. The third-order valence-corrected chi connectivity index (χ3v) is 6.13. The average Bonchev–Trinajstić information content (AvgIpc) is 2.92. The lowest BCUT2D eigenvalue weighted by atomic mass is 10.0. The van der Waals surface area contributed by atoms with Crippen molar-refractivity contribution in [2.45, 2.75) is 18.9 Å². The third-order valence-electron chi connectivity index (χ3n) is 4.36. The summed E-state index contributed by atoms with van der Waals surface area (Å²) < 4.78 is 23.1. The van der Waals surface area contributed by atoms with Crippen molar-refractivity contribution in [3.8, 4) is 0 Å². The fourth-order valence-electron chi connectivity index (χ4n) is 3.12. The van der Waals surface area contributed by atoms with Crippen LogP contribution in [0.25, 0.3) is 10.8 Å². The number of nitrogens with zero attached hydrogens (tertiary/aromatic N) is 1. The Morgan fingerprint density at radius 1 is 1.20 bits per heavy atom. The summed E-state index contributed by atoms with van der Waals surface area (Å²) >= 11 is 0. The summed E-state index contributed by atoms with van der Waals surface area (Å²) in [6.45, 7) is 0.743. The highest BCUT2D eigenvalue weighted by atomic mass is 127. The lowest BCUT2D eigenvalue weighted by molar-refractivity contribution is 0.599. The molecule has 136 valence electrons. The van der Waals surface area contributed by atoms with Crippen molar-refractivity contribution in [1.29, 1.82) is 0 Å². The normalized spacial score (nSPS) is 19.4. The van der Waals surface area contributed by atoms with E-state index < -0.39 is 9.84 Å². The van der Waals surface area contributed by atoms with Crippen molar-refractivity contribution in [3.63, 3.8) is 0 Å². The van der Waals surface area contributed by atoms with Gasteiger partial charge >= 0.3 is 0 Å². The number of hydrogen-bond donors (Lipinski definition) is 2. The van der Waals surface area contributed by atoms with E-state index >= 15 is 0 Å². The highest BCUT2D eigenvalue weighted by Crippen LogP contribution is 2.18. The van der Waals surface area contributed by atoms with E-state index in [2.05, 4.69) is 52.0 Å². The van der Waals surface area contributed by atoms with Crippen LogP contribution >= 0.6 is 24.0 Å². The van der Waals surface area contributed by atoms with Gasteiger partial charge in [0.15, 0.2) is 15.8 Å². The topological polar surface area (TPSA) is 70.6 Å². The average molecular weight is 473 g/mol. The Balaban J connectivity index is 0.00000225. The lowest BCUT2D eigenvalue weighted by Gasteiger charge is -2.16. The van der Waals surface area contributed by atoms with Gasteiger partial charge in [-0.3, -0.25) is 4.99 Å². The minimum absolute atomic E-state index is 0. The van der Waals surface area contributed by atoms with Gasteiger partial charge in [-0.1, -0.05) is 42.5 Å². The first kappa shape index (κ1) is 20.0. The fourth-order valence-corrected chi connectivity index (χ4v) is 4.80. The maximum Gasteiger partial charge on any atom is 0.191 e.